The predicted molar refractivity (Wildman–Crippen MR) is 114 cm³/mol. The molecule has 0 aliphatic carbocycles. The number of hydrogen-bond acceptors (Lipinski definition) is 5. The van der Waals surface area contributed by atoms with Crippen molar-refractivity contribution in [3.63, 3.8) is 0 Å². The van der Waals surface area contributed by atoms with Crippen molar-refractivity contribution >= 4 is 22.9 Å². The van der Waals surface area contributed by atoms with Crippen LogP contribution in [0.2, 0.25) is 0 Å². The first-order valence-electron chi connectivity index (χ1n) is 10.3. The fourth-order valence-electron chi connectivity index (χ4n) is 3.76. The van der Waals surface area contributed by atoms with Gasteiger partial charge in [-0.1, -0.05) is 12.1 Å². The summed E-state index contributed by atoms with van der Waals surface area (Å²) in [6.07, 6.45) is 2.74. The molecule has 1 saturated heterocycles. The number of nitrogens with zero attached hydrogens (tertiary/aromatic N) is 4. The van der Waals surface area contributed by atoms with Crippen LogP contribution in [0, 0.1) is 5.92 Å². The number of ether oxygens (including phenoxy) is 1. The van der Waals surface area contributed by atoms with Gasteiger partial charge in [-0.3, -0.25) is 14.3 Å². The summed E-state index contributed by atoms with van der Waals surface area (Å²) in [6, 6.07) is 7.16. The largest absolute Gasteiger partial charge is 0.444 e. The molecular formula is C22H30N4O4. The Labute approximate surface area is 176 Å². The van der Waals surface area contributed by atoms with Crippen LogP contribution in [0.3, 0.4) is 0 Å². The second-order valence-electron chi connectivity index (χ2n) is 8.89. The lowest BCUT2D eigenvalue weighted by atomic mass is 9.97. The minimum absolute atomic E-state index is 0.0408. The summed E-state index contributed by atoms with van der Waals surface area (Å²) in [5, 5.41) is 4.70. The number of para-hydroxylation sites is 1. The van der Waals surface area contributed by atoms with E-state index in [-0.39, 0.29) is 29.9 Å². The molecule has 0 radical (unpaired) electrons. The van der Waals surface area contributed by atoms with E-state index >= 15 is 0 Å². The van der Waals surface area contributed by atoms with Crippen LogP contribution in [-0.4, -0.2) is 63.9 Å². The van der Waals surface area contributed by atoms with Crippen molar-refractivity contribution in [3.05, 3.63) is 40.7 Å². The van der Waals surface area contributed by atoms with E-state index < -0.39 is 5.60 Å². The molecule has 1 aromatic heterocycles. The molecule has 0 saturated carbocycles. The maximum atomic E-state index is 12.9. The minimum atomic E-state index is -0.535. The summed E-state index contributed by atoms with van der Waals surface area (Å²) in [6.45, 7) is 7.42. The molecular weight excluding hydrogens is 384 g/mol. The van der Waals surface area contributed by atoms with Gasteiger partial charge in [0.25, 0.3) is 0 Å². The number of amides is 2. The Morgan fingerprint density at radius 3 is 2.73 bits per heavy atom. The number of hydrogen-bond donors (Lipinski definition) is 0. The molecule has 30 heavy (non-hydrogen) atoms. The zero-order valence-corrected chi connectivity index (χ0v) is 18.1. The van der Waals surface area contributed by atoms with Gasteiger partial charge in [-0.2, -0.15) is 5.10 Å². The number of benzene rings is 1. The van der Waals surface area contributed by atoms with Crippen molar-refractivity contribution in [2.75, 3.05) is 26.7 Å². The van der Waals surface area contributed by atoms with E-state index in [0.717, 1.165) is 12.8 Å². The van der Waals surface area contributed by atoms with E-state index in [1.807, 2.05) is 31.7 Å². The van der Waals surface area contributed by atoms with Crippen LogP contribution >= 0.6 is 0 Å². The lowest BCUT2D eigenvalue weighted by molar-refractivity contribution is -0.133. The quantitative estimate of drug-likeness (QED) is 0.767. The molecule has 0 spiro atoms. The van der Waals surface area contributed by atoms with Gasteiger partial charge in [0.2, 0.25) is 11.3 Å². The molecule has 8 heteroatoms. The molecule has 8 nitrogen and oxygen atoms in total. The third-order valence-corrected chi connectivity index (χ3v) is 5.16. The van der Waals surface area contributed by atoms with Gasteiger partial charge in [-0.25, -0.2) is 4.79 Å². The first-order chi connectivity index (χ1) is 14.1. The Kier molecular flexibility index (Phi) is 6.43. The van der Waals surface area contributed by atoms with Gasteiger partial charge in [-0.15, -0.1) is 0 Å². The van der Waals surface area contributed by atoms with E-state index in [9.17, 15) is 14.4 Å². The highest BCUT2D eigenvalue weighted by Crippen LogP contribution is 2.19. The number of rotatable bonds is 4. The van der Waals surface area contributed by atoms with Crippen LogP contribution in [0.1, 0.15) is 33.6 Å². The number of carbonyl (C=O) groups is 2. The molecule has 1 unspecified atom stereocenters. The molecule has 0 N–H and O–H groups in total. The van der Waals surface area contributed by atoms with Crippen molar-refractivity contribution in [1.82, 2.24) is 19.6 Å². The summed E-state index contributed by atoms with van der Waals surface area (Å²) >= 11 is 0. The van der Waals surface area contributed by atoms with E-state index in [4.69, 9.17) is 4.74 Å². The molecule has 2 amide bonds. The number of likely N-dealkylation sites (tertiary alicyclic amines) is 1. The van der Waals surface area contributed by atoms with Gasteiger partial charge in [0.15, 0.2) is 0 Å². The van der Waals surface area contributed by atoms with Crippen molar-refractivity contribution in [2.24, 2.45) is 5.92 Å². The second kappa shape index (κ2) is 8.85. The average molecular weight is 415 g/mol. The smallest absolute Gasteiger partial charge is 0.410 e. The molecule has 1 aliphatic heterocycles. The van der Waals surface area contributed by atoms with Crippen molar-refractivity contribution < 1.29 is 14.3 Å². The molecule has 162 valence electrons. The van der Waals surface area contributed by atoms with E-state index in [1.54, 1.807) is 34.8 Å². The summed E-state index contributed by atoms with van der Waals surface area (Å²) in [4.78, 5) is 40.6. The number of aromatic nitrogens is 2. The van der Waals surface area contributed by atoms with Crippen LogP contribution in [-0.2, 0) is 16.1 Å². The molecule has 3 rings (SSSR count). The molecule has 1 fully saturated rings. The Balaban J connectivity index is 1.63. The molecule has 1 aromatic carbocycles. The van der Waals surface area contributed by atoms with Gasteiger partial charge in [-0.05, 0) is 51.7 Å². The first-order valence-corrected chi connectivity index (χ1v) is 10.3. The molecule has 2 aromatic rings. The Bertz CT molecular complexity index is 979. The zero-order valence-electron chi connectivity index (χ0n) is 18.1. The van der Waals surface area contributed by atoms with Gasteiger partial charge in [0.1, 0.15) is 12.1 Å². The first kappa shape index (κ1) is 21.8. The summed E-state index contributed by atoms with van der Waals surface area (Å²) in [7, 11) is 1.73. The SMILES string of the molecule is CN(CC1CCCN(C(=O)Cn2ncc(=O)c3ccccc32)C1)C(=O)OC(C)(C)C. The van der Waals surface area contributed by atoms with Crippen molar-refractivity contribution in [2.45, 2.75) is 45.8 Å². The monoisotopic (exact) mass is 414 g/mol. The Hall–Kier alpha value is -2.90. The van der Waals surface area contributed by atoms with E-state index in [2.05, 4.69) is 5.10 Å². The fourth-order valence-corrected chi connectivity index (χ4v) is 3.76. The van der Waals surface area contributed by atoms with Gasteiger partial charge in [0, 0.05) is 32.1 Å². The average Bonchev–Trinajstić information content (AvgIpc) is 2.69. The third-order valence-electron chi connectivity index (χ3n) is 5.16. The normalized spacial score (nSPS) is 17.1. The Morgan fingerprint density at radius 2 is 2.00 bits per heavy atom. The molecule has 0 bridgehead atoms. The molecule has 1 aliphatic rings. The van der Waals surface area contributed by atoms with Crippen LogP contribution in [0.25, 0.3) is 10.9 Å². The standard InChI is InChI=1S/C22H30N4O4/c1-22(2,3)30-21(29)24(4)13-16-8-7-11-25(14-16)20(28)15-26-18-10-6-5-9-17(18)19(27)12-23-26/h5-6,9-10,12,16H,7-8,11,13-15H2,1-4H3. The topological polar surface area (TPSA) is 84.7 Å². The summed E-state index contributed by atoms with van der Waals surface area (Å²) in [5.74, 6) is 0.153. The van der Waals surface area contributed by atoms with Crippen LogP contribution in [0.5, 0.6) is 0 Å². The lowest BCUT2D eigenvalue weighted by Crippen LogP contribution is -2.46. The number of piperidine rings is 1. The van der Waals surface area contributed by atoms with E-state index in [1.165, 1.54) is 6.20 Å². The molecule has 2 heterocycles. The number of fused-ring (bicyclic) bond motifs is 1. The molecule has 1 atom stereocenters. The Morgan fingerprint density at radius 1 is 1.27 bits per heavy atom. The van der Waals surface area contributed by atoms with Crippen molar-refractivity contribution in [1.29, 1.82) is 0 Å². The maximum Gasteiger partial charge on any atom is 0.410 e. The lowest BCUT2D eigenvalue weighted by Gasteiger charge is -2.35. The van der Waals surface area contributed by atoms with Crippen LogP contribution < -0.4 is 5.43 Å². The predicted octanol–water partition coefficient (Wildman–Crippen LogP) is 2.50. The van der Waals surface area contributed by atoms with Crippen LogP contribution in [0.15, 0.2) is 35.3 Å². The summed E-state index contributed by atoms with van der Waals surface area (Å²) in [5.41, 5.74) is -0.0407. The highest BCUT2D eigenvalue weighted by Gasteiger charge is 2.27. The van der Waals surface area contributed by atoms with Gasteiger partial charge >= 0.3 is 6.09 Å². The van der Waals surface area contributed by atoms with Gasteiger partial charge in [0.05, 0.1) is 11.7 Å². The second-order valence-corrected chi connectivity index (χ2v) is 8.89. The van der Waals surface area contributed by atoms with Crippen LogP contribution in [0.4, 0.5) is 4.79 Å². The minimum Gasteiger partial charge on any atom is -0.444 e. The maximum absolute atomic E-state index is 12.9. The fraction of sp³-hybridized carbons (Fsp3) is 0.545. The van der Waals surface area contributed by atoms with Crippen molar-refractivity contribution in [3.8, 4) is 0 Å². The van der Waals surface area contributed by atoms with Gasteiger partial charge < -0.3 is 14.5 Å². The number of carbonyl (C=O) groups excluding carboxylic acids is 2. The van der Waals surface area contributed by atoms with E-state index in [0.29, 0.717) is 30.5 Å². The third kappa shape index (κ3) is 5.37. The highest BCUT2D eigenvalue weighted by atomic mass is 16.6. The highest BCUT2D eigenvalue weighted by molar-refractivity contribution is 5.81. The summed E-state index contributed by atoms with van der Waals surface area (Å²) < 4.78 is 6.99. The zero-order chi connectivity index (χ0) is 21.9.